The molecule has 8 nitrogen and oxygen atoms in total. The van der Waals surface area contributed by atoms with Crippen LogP contribution in [0.4, 0.5) is 0 Å². The van der Waals surface area contributed by atoms with Crippen molar-refractivity contribution >= 4 is 17.9 Å². The number of carboxylic acids is 1. The van der Waals surface area contributed by atoms with Crippen LogP contribution in [-0.4, -0.2) is 80.6 Å². The van der Waals surface area contributed by atoms with E-state index >= 15 is 0 Å². The van der Waals surface area contributed by atoms with Crippen molar-refractivity contribution < 1.29 is 38.2 Å². The summed E-state index contributed by atoms with van der Waals surface area (Å²) < 4.78 is 17.2. The van der Waals surface area contributed by atoms with Gasteiger partial charge in [-0.25, -0.2) is 4.79 Å². The molecule has 0 radical (unpaired) electrons. The number of aliphatic carboxylic acids is 1. The van der Waals surface area contributed by atoms with Gasteiger partial charge in [0, 0.05) is 19.3 Å². The third kappa shape index (κ3) is 31.0. The van der Waals surface area contributed by atoms with E-state index < -0.39 is 18.1 Å². The van der Waals surface area contributed by atoms with Crippen molar-refractivity contribution in [2.45, 2.75) is 148 Å². The number of carboxylic acid groups (broad SMARTS) is 1. The number of hydrogen-bond donors (Lipinski definition) is 1. The van der Waals surface area contributed by atoms with Gasteiger partial charge in [0.25, 0.3) is 0 Å². The molecule has 0 rings (SSSR count). The third-order valence-corrected chi connectivity index (χ3v) is 8.31. The van der Waals surface area contributed by atoms with Crippen LogP contribution in [0.2, 0.25) is 0 Å². The van der Waals surface area contributed by atoms with Gasteiger partial charge in [-0.05, 0) is 32.1 Å². The monoisotopic (exact) mass is 703 g/mol. The molecule has 2 unspecified atom stereocenters. The predicted octanol–water partition coefficient (Wildman–Crippen LogP) is 9.85. The molecule has 0 aliphatic carbocycles. The van der Waals surface area contributed by atoms with Gasteiger partial charge in [-0.2, -0.15) is 0 Å². The normalized spacial score (nSPS) is 13.7. The fraction of sp³-hybridized carbons (Fsp3) is 0.690. The molecule has 0 heterocycles. The highest BCUT2D eigenvalue weighted by atomic mass is 16.6. The number of likely N-dealkylation sites (N-methyl/N-ethyl adjacent to an activating group) is 1. The lowest BCUT2D eigenvalue weighted by molar-refractivity contribution is -0.887. The maximum Gasteiger partial charge on any atom is 0.362 e. The van der Waals surface area contributed by atoms with E-state index in [1.807, 2.05) is 69.8 Å². The summed E-state index contributed by atoms with van der Waals surface area (Å²) in [7, 11) is 5.50. The van der Waals surface area contributed by atoms with Crippen LogP contribution in [0.25, 0.3) is 0 Å². The van der Waals surface area contributed by atoms with Crippen LogP contribution < -0.4 is 0 Å². The quantitative estimate of drug-likeness (QED) is 0.0315. The lowest BCUT2D eigenvalue weighted by atomic mass is 10.1. The van der Waals surface area contributed by atoms with E-state index in [-0.39, 0.29) is 36.2 Å². The summed E-state index contributed by atoms with van der Waals surface area (Å²) in [5.41, 5.74) is 0. The lowest BCUT2D eigenvalue weighted by Crippen LogP contribution is -2.50. The minimum Gasteiger partial charge on any atom is -0.477 e. The first-order chi connectivity index (χ1) is 24.1. The Morgan fingerprint density at radius 3 is 1.66 bits per heavy atom. The number of carbonyl (C=O) groups is 3. The van der Waals surface area contributed by atoms with Crippen molar-refractivity contribution in [3.8, 4) is 0 Å². The van der Waals surface area contributed by atoms with Gasteiger partial charge in [0.15, 0.2) is 12.1 Å². The molecule has 0 aliphatic rings. The molecule has 0 spiro atoms. The molecule has 0 bridgehead atoms. The van der Waals surface area contributed by atoms with Crippen LogP contribution in [-0.2, 0) is 28.6 Å². The zero-order valence-electron chi connectivity index (χ0n) is 32.3. The van der Waals surface area contributed by atoms with E-state index in [0.29, 0.717) is 19.3 Å². The Morgan fingerprint density at radius 1 is 0.620 bits per heavy atom. The van der Waals surface area contributed by atoms with Crippen molar-refractivity contribution in [2.75, 3.05) is 41.0 Å². The highest BCUT2D eigenvalue weighted by Crippen LogP contribution is 2.13. The summed E-state index contributed by atoms with van der Waals surface area (Å²) in [6.07, 6.45) is 38.3. The summed E-state index contributed by atoms with van der Waals surface area (Å²) in [5, 5.41) is 9.58. The minimum absolute atomic E-state index is 0.0460. The molecule has 1 N–H and O–H groups in total. The first kappa shape index (κ1) is 47.0. The number of allylic oxidation sites excluding steroid dienone is 10. The zero-order chi connectivity index (χ0) is 37.1. The van der Waals surface area contributed by atoms with Gasteiger partial charge in [0.1, 0.15) is 6.61 Å². The van der Waals surface area contributed by atoms with Gasteiger partial charge < -0.3 is 23.8 Å². The Hall–Kier alpha value is -2.97. The molecule has 2 atom stereocenters. The molecule has 0 aromatic carbocycles. The second-order valence-electron chi connectivity index (χ2n) is 13.9. The van der Waals surface area contributed by atoms with Crippen molar-refractivity contribution in [1.29, 1.82) is 0 Å². The van der Waals surface area contributed by atoms with Crippen molar-refractivity contribution in [2.24, 2.45) is 0 Å². The average molecular weight is 703 g/mol. The smallest absolute Gasteiger partial charge is 0.362 e. The number of quaternary nitrogens is 1. The van der Waals surface area contributed by atoms with Gasteiger partial charge >= 0.3 is 17.9 Å². The summed E-state index contributed by atoms with van der Waals surface area (Å²) >= 11 is 0. The number of carbonyl (C=O) groups excluding carboxylic acids is 2. The number of hydrogen-bond acceptors (Lipinski definition) is 6. The van der Waals surface area contributed by atoms with Gasteiger partial charge in [-0.15, -0.1) is 0 Å². The van der Waals surface area contributed by atoms with Crippen molar-refractivity contribution in [3.05, 3.63) is 60.8 Å². The molecule has 0 saturated heterocycles. The lowest BCUT2D eigenvalue weighted by Gasteiger charge is -2.31. The van der Waals surface area contributed by atoms with E-state index in [1.165, 1.54) is 51.4 Å². The van der Waals surface area contributed by atoms with Crippen LogP contribution >= 0.6 is 0 Å². The van der Waals surface area contributed by atoms with E-state index in [1.54, 1.807) is 0 Å². The van der Waals surface area contributed by atoms with E-state index in [9.17, 15) is 19.5 Å². The second-order valence-corrected chi connectivity index (χ2v) is 13.9. The Labute approximate surface area is 305 Å². The molecule has 0 aromatic rings. The topological polar surface area (TPSA) is 99.1 Å². The van der Waals surface area contributed by atoms with Crippen LogP contribution in [0, 0.1) is 0 Å². The molecule has 8 heteroatoms. The van der Waals surface area contributed by atoms with Crippen LogP contribution in [0.5, 0.6) is 0 Å². The van der Waals surface area contributed by atoms with E-state index in [4.69, 9.17) is 14.2 Å². The molecule has 0 saturated carbocycles. The second kappa shape index (κ2) is 33.2. The number of unbranched alkanes of at least 4 members (excludes halogenated alkanes) is 13. The molecular formula is C42H72NO7+. The highest BCUT2D eigenvalue weighted by Gasteiger charge is 2.31. The zero-order valence-corrected chi connectivity index (χ0v) is 32.3. The van der Waals surface area contributed by atoms with E-state index in [2.05, 4.69) is 26.0 Å². The van der Waals surface area contributed by atoms with Crippen molar-refractivity contribution in [3.63, 3.8) is 0 Å². The third-order valence-electron chi connectivity index (χ3n) is 8.31. The molecule has 286 valence electrons. The largest absolute Gasteiger partial charge is 0.477 e. The van der Waals surface area contributed by atoms with Crippen molar-refractivity contribution in [1.82, 2.24) is 0 Å². The average Bonchev–Trinajstić information content (AvgIpc) is 3.06. The standard InChI is InChI=1S/C42H71NO7/c1-6-8-10-12-14-16-18-19-20-21-23-24-26-28-30-32-40(44)49-37-38(36-48-35-34-39(42(46)47)43(3,4)5)50-41(45)33-31-29-27-25-22-17-15-13-11-9-7-2/h8,10,12,14,16,18-21,23,38-39H,6-7,9,11,13,15,17,22,24-37H2,1-5H3/p+1/b10-8+,14-12+,18-16+,20-19+,23-21+. The van der Waals surface area contributed by atoms with Gasteiger partial charge in [-0.3, -0.25) is 9.59 Å². The Balaban J connectivity index is 4.51. The minimum atomic E-state index is -0.884. The number of rotatable bonds is 33. The molecule has 0 fully saturated rings. The van der Waals surface area contributed by atoms with Crippen LogP contribution in [0.1, 0.15) is 136 Å². The van der Waals surface area contributed by atoms with Crippen LogP contribution in [0.3, 0.4) is 0 Å². The Kier molecular flexibility index (Phi) is 31.2. The first-order valence-corrected chi connectivity index (χ1v) is 19.4. The maximum absolute atomic E-state index is 12.6. The van der Waals surface area contributed by atoms with Gasteiger partial charge in [0.05, 0.1) is 34.4 Å². The molecule has 0 amide bonds. The molecule has 0 aromatic heterocycles. The summed E-state index contributed by atoms with van der Waals surface area (Å²) in [6.45, 7) is 4.52. The summed E-state index contributed by atoms with van der Waals surface area (Å²) in [4.78, 5) is 36.8. The predicted molar refractivity (Wildman–Crippen MR) is 206 cm³/mol. The summed E-state index contributed by atoms with van der Waals surface area (Å²) in [5.74, 6) is -1.53. The molecular weight excluding hydrogens is 630 g/mol. The van der Waals surface area contributed by atoms with E-state index in [0.717, 1.165) is 51.4 Å². The fourth-order valence-corrected chi connectivity index (χ4v) is 5.29. The van der Waals surface area contributed by atoms with Gasteiger partial charge in [0.2, 0.25) is 0 Å². The molecule has 50 heavy (non-hydrogen) atoms. The first-order valence-electron chi connectivity index (χ1n) is 19.4. The number of ether oxygens (including phenoxy) is 3. The highest BCUT2D eigenvalue weighted by molar-refractivity contribution is 5.72. The Morgan fingerprint density at radius 2 is 1.12 bits per heavy atom. The SMILES string of the molecule is CC/C=C/C=C/C=C/C=C/C=C/CCCCCC(=O)OCC(COCCC(C(=O)O)[N+](C)(C)C)OC(=O)CCCCCCCCCCCCC. The maximum atomic E-state index is 12.6. The number of esters is 2. The van der Waals surface area contributed by atoms with Gasteiger partial charge in [-0.1, -0.05) is 145 Å². The summed E-state index contributed by atoms with van der Waals surface area (Å²) in [6, 6.07) is -0.621. The molecule has 0 aliphatic heterocycles. The Bertz CT molecular complexity index is 1010. The fourth-order valence-electron chi connectivity index (χ4n) is 5.29. The van der Waals surface area contributed by atoms with Crippen LogP contribution in [0.15, 0.2) is 60.8 Å². The number of nitrogens with zero attached hydrogens (tertiary/aromatic N) is 1.